The smallest absolute Gasteiger partial charge is 0.257 e. The van der Waals surface area contributed by atoms with Gasteiger partial charge >= 0.3 is 0 Å². The molecule has 3 N–H and O–H groups in total. The van der Waals surface area contributed by atoms with Gasteiger partial charge in [-0.15, -0.1) is 0 Å². The zero-order chi connectivity index (χ0) is 12.1. The number of carbonyl (C=O) groups excluding carboxylic acids is 1. The first-order chi connectivity index (χ1) is 8.24. The van der Waals surface area contributed by atoms with Gasteiger partial charge in [-0.25, -0.2) is 0 Å². The molecule has 4 heteroatoms. The number of benzene rings is 1. The van der Waals surface area contributed by atoms with Crippen LogP contribution in [0.1, 0.15) is 12.8 Å². The third-order valence-electron chi connectivity index (χ3n) is 3.16. The number of amides is 1. The highest BCUT2D eigenvalue weighted by molar-refractivity contribution is 5.77. The van der Waals surface area contributed by atoms with Crippen LogP contribution in [0, 0.1) is 5.41 Å². The van der Waals surface area contributed by atoms with Gasteiger partial charge in [-0.05, 0) is 36.9 Å². The highest BCUT2D eigenvalue weighted by Crippen LogP contribution is 2.43. The number of hydrogen-bond acceptors (Lipinski definition) is 3. The van der Waals surface area contributed by atoms with Crippen molar-refractivity contribution in [3.63, 3.8) is 0 Å². The molecule has 0 aromatic heterocycles. The number of hydrogen-bond donors (Lipinski definition) is 2. The molecule has 0 unspecified atom stereocenters. The topological polar surface area (TPSA) is 64.3 Å². The molecule has 4 nitrogen and oxygen atoms in total. The minimum absolute atomic E-state index is 0.0602. The molecule has 0 heterocycles. The van der Waals surface area contributed by atoms with Crippen molar-refractivity contribution in [2.24, 2.45) is 11.1 Å². The fourth-order valence-corrected chi connectivity index (χ4v) is 1.63. The Bertz CT molecular complexity index is 374. The molecule has 1 aliphatic rings. The molecule has 0 aliphatic heterocycles. The molecule has 0 radical (unpaired) electrons. The average Bonchev–Trinajstić information content (AvgIpc) is 3.16. The largest absolute Gasteiger partial charge is 0.484 e. The van der Waals surface area contributed by atoms with Gasteiger partial charge in [0.1, 0.15) is 5.75 Å². The first kappa shape index (κ1) is 11.9. The van der Waals surface area contributed by atoms with Crippen LogP contribution in [0.4, 0.5) is 0 Å². The lowest BCUT2D eigenvalue weighted by atomic mass is 10.1. The molecule has 1 amide bonds. The quantitative estimate of drug-likeness (QED) is 0.769. The van der Waals surface area contributed by atoms with Gasteiger partial charge in [0.25, 0.3) is 5.91 Å². The molecule has 1 aromatic carbocycles. The van der Waals surface area contributed by atoms with Crippen molar-refractivity contribution in [1.82, 2.24) is 5.32 Å². The average molecular weight is 234 g/mol. The summed E-state index contributed by atoms with van der Waals surface area (Å²) in [6, 6.07) is 9.32. The molecule has 92 valence electrons. The highest BCUT2D eigenvalue weighted by atomic mass is 16.5. The van der Waals surface area contributed by atoms with Crippen molar-refractivity contribution >= 4 is 5.91 Å². The lowest BCUT2D eigenvalue weighted by Crippen LogP contribution is -2.36. The Balaban J connectivity index is 1.68. The second kappa shape index (κ2) is 5.19. The summed E-state index contributed by atoms with van der Waals surface area (Å²) < 4.78 is 5.34. The van der Waals surface area contributed by atoms with Crippen LogP contribution in [0.25, 0.3) is 0 Å². The first-order valence-corrected chi connectivity index (χ1v) is 5.89. The molecular weight excluding hydrogens is 216 g/mol. The van der Waals surface area contributed by atoms with Crippen LogP contribution in [-0.2, 0) is 4.79 Å². The van der Waals surface area contributed by atoms with Gasteiger partial charge in [0, 0.05) is 6.54 Å². The van der Waals surface area contributed by atoms with Crippen molar-refractivity contribution in [3.8, 4) is 5.75 Å². The number of ether oxygens (including phenoxy) is 1. The Morgan fingerprint density at radius 2 is 2.06 bits per heavy atom. The Morgan fingerprint density at radius 3 is 2.65 bits per heavy atom. The monoisotopic (exact) mass is 234 g/mol. The lowest BCUT2D eigenvalue weighted by molar-refractivity contribution is -0.123. The van der Waals surface area contributed by atoms with Crippen LogP contribution in [0.15, 0.2) is 30.3 Å². The maximum atomic E-state index is 11.5. The van der Waals surface area contributed by atoms with Gasteiger partial charge in [-0.1, -0.05) is 18.2 Å². The van der Waals surface area contributed by atoms with E-state index in [-0.39, 0.29) is 17.9 Å². The Morgan fingerprint density at radius 1 is 1.35 bits per heavy atom. The minimum Gasteiger partial charge on any atom is -0.484 e. The van der Waals surface area contributed by atoms with E-state index in [0.29, 0.717) is 18.8 Å². The van der Waals surface area contributed by atoms with Crippen molar-refractivity contribution in [1.29, 1.82) is 0 Å². The maximum absolute atomic E-state index is 11.5. The van der Waals surface area contributed by atoms with E-state index < -0.39 is 0 Å². The summed E-state index contributed by atoms with van der Waals surface area (Å²) in [5.74, 6) is 0.621. The van der Waals surface area contributed by atoms with E-state index in [9.17, 15) is 4.79 Å². The van der Waals surface area contributed by atoms with Gasteiger partial charge in [-0.2, -0.15) is 0 Å². The van der Waals surface area contributed by atoms with Gasteiger partial charge in [0.2, 0.25) is 0 Å². The predicted molar refractivity (Wildman–Crippen MR) is 65.7 cm³/mol. The first-order valence-electron chi connectivity index (χ1n) is 5.89. The van der Waals surface area contributed by atoms with Crippen molar-refractivity contribution < 1.29 is 9.53 Å². The molecule has 1 fully saturated rings. The molecule has 0 saturated heterocycles. The molecule has 0 bridgehead atoms. The number of carbonyl (C=O) groups is 1. The predicted octanol–water partition coefficient (Wildman–Crippen LogP) is 0.921. The fourth-order valence-electron chi connectivity index (χ4n) is 1.63. The summed E-state index contributed by atoms with van der Waals surface area (Å²) in [5, 5.41) is 2.86. The normalized spacial score (nSPS) is 16.3. The summed E-state index contributed by atoms with van der Waals surface area (Å²) in [6.45, 7) is 1.37. The van der Waals surface area contributed by atoms with Crippen molar-refractivity contribution in [2.45, 2.75) is 12.8 Å². The Kier molecular flexibility index (Phi) is 3.64. The van der Waals surface area contributed by atoms with Crippen LogP contribution in [0.2, 0.25) is 0 Å². The Labute approximate surface area is 101 Å². The molecule has 1 saturated carbocycles. The highest BCUT2D eigenvalue weighted by Gasteiger charge is 2.41. The van der Waals surface area contributed by atoms with Crippen LogP contribution < -0.4 is 15.8 Å². The molecule has 0 atom stereocenters. The number of rotatable bonds is 6. The zero-order valence-electron chi connectivity index (χ0n) is 9.82. The second-order valence-electron chi connectivity index (χ2n) is 4.58. The molecule has 2 rings (SSSR count). The summed E-state index contributed by atoms with van der Waals surface area (Å²) in [4.78, 5) is 11.5. The number of nitrogens with one attached hydrogen (secondary N) is 1. The summed E-state index contributed by atoms with van der Waals surface area (Å²) in [5.41, 5.74) is 5.81. The van der Waals surface area contributed by atoms with Crippen molar-refractivity contribution in [2.75, 3.05) is 19.7 Å². The van der Waals surface area contributed by atoms with Crippen LogP contribution in [0.3, 0.4) is 0 Å². The van der Waals surface area contributed by atoms with E-state index in [0.717, 1.165) is 12.8 Å². The van der Waals surface area contributed by atoms with E-state index in [1.807, 2.05) is 30.3 Å². The SMILES string of the molecule is NCC1(CNC(=O)COc2ccccc2)CC1. The Hall–Kier alpha value is -1.55. The third kappa shape index (κ3) is 3.46. The zero-order valence-corrected chi connectivity index (χ0v) is 9.82. The lowest BCUT2D eigenvalue weighted by Gasteiger charge is -2.13. The van der Waals surface area contributed by atoms with E-state index >= 15 is 0 Å². The van der Waals surface area contributed by atoms with Crippen LogP contribution in [-0.4, -0.2) is 25.6 Å². The summed E-state index contributed by atoms with van der Waals surface area (Å²) in [6.07, 6.45) is 2.23. The van der Waals surface area contributed by atoms with E-state index in [4.69, 9.17) is 10.5 Å². The van der Waals surface area contributed by atoms with Crippen molar-refractivity contribution in [3.05, 3.63) is 30.3 Å². The molecular formula is C13H18N2O2. The molecule has 1 aromatic rings. The van der Waals surface area contributed by atoms with Crippen LogP contribution in [0.5, 0.6) is 5.75 Å². The summed E-state index contributed by atoms with van der Waals surface area (Å²) >= 11 is 0. The van der Waals surface area contributed by atoms with E-state index in [2.05, 4.69) is 5.32 Å². The number of nitrogens with two attached hydrogens (primary N) is 1. The van der Waals surface area contributed by atoms with Gasteiger partial charge in [0.15, 0.2) is 6.61 Å². The summed E-state index contributed by atoms with van der Waals surface area (Å²) in [7, 11) is 0. The molecule has 17 heavy (non-hydrogen) atoms. The van der Waals surface area contributed by atoms with Gasteiger partial charge in [-0.3, -0.25) is 4.79 Å². The van der Waals surface area contributed by atoms with Gasteiger partial charge in [0.05, 0.1) is 0 Å². The third-order valence-corrected chi connectivity index (χ3v) is 3.16. The van der Waals surface area contributed by atoms with Crippen LogP contribution >= 0.6 is 0 Å². The molecule has 1 aliphatic carbocycles. The number of para-hydroxylation sites is 1. The van der Waals surface area contributed by atoms with E-state index in [1.165, 1.54) is 0 Å². The maximum Gasteiger partial charge on any atom is 0.257 e. The van der Waals surface area contributed by atoms with Gasteiger partial charge < -0.3 is 15.8 Å². The standard InChI is InChI=1S/C13H18N2O2/c14-9-13(6-7-13)10-15-12(16)8-17-11-4-2-1-3-5-11/h1-5H,6-10,14H2,(H,15,16). The van der Waals surface area contributed by atoms with E-state index in [1.54, 1.807) is 0 Å². The second-order valence-corrected chi connectivity index (χ2v) is 4.58. The molecule has 0 spiro atoms. The minimum atomic E-state index is -0.0893. The fraction of sp³-hybridized carbons (Fsp3) is 0.462.